The normalized spacial score (nSPS) is 21.7. The third-order valence-corrected chi connectivity index (χ3v) is 4.78. The van der Waals surface area contributed by atoms with Gasteiger partial charge in [0.25, 0.3) is 0 Å². The smallest absolute Gasteiger partial charge is 0.249 e. The van der Waals surface area contributed by atoms with E-state index in [0.717, 1.165) is 19.3 Å². The highest BCUT2D eigenvalue weighted by Crippen LogP contribution is 2.33. The van der Waals surface area contributed by atoms with Gasteiger partial charge in [-0.1, -0.05) is 45.4 Å². The molecule has 2 rings (SSSR count). The maximum Gasteiger partial charge on any atom is 0.249 e. The second-order valence-corrected chi connectivity index (χ2v) is 7.14. The van der Waals surface area contributed by atoms with Crippen LogP contribution >= 0.6 is 0 Å². The third-order valence-electron chi connectivity index (χ3n) is 4.78. The molecule has 1 spiro atoms. The van der Waals surface area contributed by atoms with E-state index in [1.54, 1.807) is 6.08 Å². The van der Waals surface area contributed by atoms with Crippen LogP contribution in [0, 0.1) is 0 Å². The van der Waals surface area contributed by atoms with Gasteiger partial charge in [0.05, 0.1) is 13.2 Å². The molecule has 3 N–H and O–H groups in total. The fourth-order valence-corrected chi connectivity index (χ4v) is 2.99. The fraction of sp³-hybridized carbons (Fsp3) is 0.650. The summed E-state index contributed by atoms with van der Waals surface area (Å²) < 4.78 is 5.15. The number of nitrogens with one attached hydrogen (secondary N) is 2. The minimum Gasteiger partial charge on any atom is -0.394 e. The van der Waals surface area contributed by atoms with Gasteiger partial charge >= 0.3 is 0 Å². The molecule has 0 aromatic heterocycles. The highest BCUT2D eigenvalue weighted by molar-refractivity contribution is 6.03. The maximum atomic E-state index is 12.3. The number of ether oxygens (including phenoxy) is 1. The van der Waals surface area contributed by atoms with E-state index in [0.29, 0.717) is 18.7 Å². The van der Waals surface area contributed by atoms with Gasteiger partial charge in [0.15, 0.2) is 11.4 Å². The molecule has 0 saturated carbocycles. The average molecular weight is 378 g/mol. The first kappa shape index (κ1) is 21.3. The van der Waals surface area contributed by atoms with E-state index in [1.165, 1.54) is 37.8 Å². The molecule has 150 valence electrons. The number of ketones is 1. The molecule has 0 unspecified atom stereocenters. The summed E-state index contributed by atoms with van der Waals surface area (Å²) >= 11 is 0. The van der Waals surface area contributed by atoms with Gasteiger partial charge in [0, 0.05) is 12.1 Å². The van der Waals surface area contributed by atoms with Crippen molar-refractivity contribution in [3.63, 3.8) is 0 Å². The minimum atomic E-state index is -1.02. The molecule has 1 saturated heterocycles. The number of amides is 2. The molecule has 7 heteroatoms. The lowest BCUT2D eigenvalue weighted by Gasteiger charge is -2.18. The highest BCUT2D eigenvalue weighted by atomic mass is 16.6. The summed E-state index contributed by atoms with van der Waals surface area (Å²) in [7, 11) is 0. The SMILES string of the molecule is CCCCCCCCCC(=O)N[C@H](CO)C(=O)NC1=C[C@@]2(CO2)C(=O)C=C1. The zero-order chi connectivity index (χ0) is 19.7. The molecule has 27 heavy (non-hydrogen) atoms. The van der Waals surface area contributed by atoms with Crippen LogP contribution < -0.4 is 10.6 Å². The van der Waals surface area contributed by atoms with Crippen LogP contribution in [0.1, 0.15) is 58.3 Å². The second-order valence-electron chi connectivity index (χ2n) is 7.14. The van der Waals surface area contributed by atoms with Crippen molar-refractivity contribution in [2.75, 3.05) is 13.2 Å². The number of aliphatic hydroxyl groups excluding tert-OH is 1. The summed E-state index contributed by atoms with van der Waals surface area (Å²) in [6.07, 6.45) is 12.5. The number of carbonyl (C=O) groups is 3. The first-order chi connectivity index (χ1) is 13.0. The van der Waals surface area contributed by atoms with E-state index in [1.807, 2.05) is 0 Å². The van der Waals surface area contributed by atoms with Crippen molar-refractivity contribution in [2.24, 2.45) is 0 Å². The summed E-state index contributed by atoms with van der Waals surface area (Å²) in [4.78, 5) is 36.0. The Labute approximate surface area is 160 Å². The average Bonchev–Trinajstić information content (AvgIpc) is 3.42. The Morgan fingerprint density at radius 1 is 1.19 bits per heavy atom. The van der Waals surface area contributed by atoms with E-state index in [2.05, 4.69) is 17.6 Å². The van der Waals surface area contributed by atoms with E-state index < -0.39 is 24.2 Å². The minimum absolute atomic E-state index is 0.151. The van der Waals surface area contributed by atoms with Crippen LogP contribution in [0.15, 0.2) is 23.9 Å². The fourth-order valence-electron chi connectivity index (χ4n) is 2.99. The quantitative estimate of drug-likeness (QED) is 0.352. The number of allylic oxidation sites excluding steroid dienone is 1. The molecule has 1 heterocycles. The van der Waals surface area contributed by atoms with Crippen molar-refractivity contribution in [1.29, 1.82) is 0 Å². The number of rotatable bonds is 12. The molecule has 7 nitrogen and oxygen atoms in total. The van der Waals surface area contributed by atoms with Gasteiger partial charge in [0.1, 0.15) is 6.04 Å². The van der Waals surface area contributed by atoms with Crippen molar-refractivity contribution in [2.45, 2.75) is 69.9 Å². The van der Waals surface area contributed by atoms with Crippen LogP contribution in [0.2, 0.25) is 0 Å². The molecular weight excluding hydrogens is 348 g/mol. The lowest BCUT2D eigenvalue weighted by atomic mass is 9.98. The maximum absolute atomic E-state index is 12.3. The Kier molecular flexibility index (Phi) is 8.19. The van der Waals surface area contributed by atoms with Gasteiger partial charge < -0.3 is 20.5 Å². The number of unbranched alkanes of at least 4 members (excludes halogenated alkanes) is 6. The molecule has 1 aliphatic carbocycles. The Balaban J connectivity index is 1.69. The van der Waals surface area contributed by atoms with Gasteiger partial charge in [-0.05, 0) is 24.6 Å². The van der Waals surface area contributed by atoms with Gasteiger partial charge in [-0.15, -0.1) is 0 Å². The van der Waals surface area contributed by atoms with Crippen molar-refractivity contribution in [3.05, 3.63) is 23.9 Å². The molecular formula is C20H30N2O5. The zero-order valence-electron chi connectivity index (χ0n) is 16.0. The Morgan fingerprint density at radius 2 is 1.85 bits per heavy atom. The monoisotopic (exact) mass is 378 g/mol. The number of hydrogen-bond donors (Lipinski definition) is 3. The molecule has 2 atom stereocenters. The van der Waals surface area contributed by atoms with Crippen LogP contribution in [0.25, 0.3) is 0 Å². The van der Waals surface area contributed by atoms with Crippen molar-refractivity contribution >= 4 is 17.6 Å². The molecule has 0 radical (unpaired) electrons. The number of carbonyl (C=O) groups excluding carboxylic acids is 3. The van der Waals surface area contributed by atoms with Crippen LogP contribution in [0.5, 0.6) is 0 Å². The van der Waals surface area contributed by atoms with Crippen LogP contribution in [-0.2, 0) is 19.1 Å². The predicted octanol–water partition coefficient (Wildman–Crippen LogP) is 1.51. The van der Waals surface area contributed by atoms with E-state index in [9.17, 15) is 19.5 Å². The standard InChI is InChI=1S/C20H30N2O5/c1-2-3-4-5-6-7-8-9-18(25)22-16(13-23)19(26)21-15-10-11-17(24)20(12-15)14-27-20/h10-12,16,23H,2-9,13-14H2,1H3,(H,21,26)(H,22,25)/t16-,20-/m1/s1. The van der Waals surface area contributed by atoms with Crippen molar-refractivity contribution < 1.29 is 24.2 Å². The first-order valence-electron chi connectivity index (χ1n) is 9.81. The number of aliphatic hydroxyl groups is 1. The van der Waals surface area contributed by atoms with E-state index in [-0.39, 0.29) is 11.7 Å². The first-order valence-corrected chi connectivity index (χ1v) is 9.81. The van der Waals surface area contributed by atoms with E-state index >= 15 is 0 Å². The Hall–Kier alpha value is -1.99. The van der Waals surface area contributed by atoms with Crippen molar-refractivity contribution in [3.8, 4) is 0 Å². The topological polar surface area (TPSA) is 108 Å². The van der Waals surface area contributed by atoms with Crippen LogP contribution in [0.4, 0.5) is 0 Å². The summed E-state index contributed by atoms with van der Waals surface area (Å²) in [6.45, 7) is 1.98. The van der Waals surface area contributed by atoms with Gasteiger partial charge in [-0.25, -0.2) is 0 Å². The molecule has 1 fully saturated rings. The third kappa shape index (κ3) is 6.59. The van der Waals surface area contributed by atoms with Crippen LogP contribution in [0.3, 0.4) is 0 Å². The summed E-state index contributed by atoms with van der Waals surface area (Å²) in [5.41, 5.74) is -0.510. The summed E-state index contributed by atoms with van der Waals surface area (Å²) in [5.74, 6) is -0.920. The van der Waals surface area contributed by atoms with Gasteiger partial charge in [-0.2, -0.15) is 0 Å². The lowest BCUT2D eigenvalue weighted by Crippen LogP contribution is -2.48. The van der Waals surface area contributed by atoms with Crippen LogP contribution in [-0.4, -0.2) is 47.6 Å². The molecule has 0 bridgehead atoms. The second kappa shape index (κ2) is 10.4. The van der Waals surface area contributed by atoms with Gasteiger partial charge in [0.2, 0.25) is 11.8 Å². The summed E-state index contributed by atoms with van der Waals surface area (Å²) in [5, 5.41) is 14.6. The molecule has 2 aliphatic rings. The van der Waals surface area contributed by atoms with E-state index in [4.69, 9.17) is 4.74 Å². The lowest BCUT2D eigenvalue weighted by molar-refractivity contribution is -0.129. The Bertz CT molecular complexity index is 607. The predicted molar refractivity (Wildman–Crippen MR) is 101 cm³/mol. The van der Waals surface area contributed by atoms with Gasteiger partial charge in [-0.3, -0.25) is 14.4 Å². The molecule has 2 amide bonds. The van der Waals surface area contributed by atoms with Crippen molar-refractivity contribution in [1.82, 2.24) is 10.6 Å². The molecule has 1 aliphatic heterocycles. The Morgan fingerprint density at radius 3 is 2.48 bits per heavy atom. The molecule has 0 aromatic rings. The number of hydrogen-bond acceptors (Lipinski definition) is 5. The molecule has 0 aromatic carbocycles. The summed E-state index contributed by atoms with van der Waals surface area (Å²) in [6, 6.07) is -1.02. The highest BCUT2D eigenvalue weighted by Gasteiger charge is 2.50. The zero-order valence-corrected chi connectivity index (χ0v) is 16.0. The number of epoxide rings is 1. The largest absolute Gasteiger partial charge is 0.394 e.